The van der Waals surface area contributed by atoms with E-state index in [9.17, 15) is 4.79 Å². The van der Waals surface area contributed by atoms with Crippen molar-refractivity contribution < 1.29 is 4.79 Å². The number of aromatic nitrogens is 4. The van der Waals surface area contributed by atoms with Crippen molar-refractivity contribution in [2.45, 2.75) is 0 Å². The molecule has 0 saturated carbocycles. The van der Waals surface area contributed by atoms with Crippen LogP contribution < -0.4 is 0 Å². The van der Waals surface area contributed by atoms with E-state index in [1.165, 1.54) is 0 Å². The lowest BCUT2D eigenvalue weighted by atomic mass is 10.1. The van der Waals surface area contributed by atoms with Crippen LogP contribution in [0.3, 0.4) is 0 Å². The van der Waals surface area contributed by atoms with Crippen molar-refractivity contribution >= 4 is 5.78 Å². The third-order valence-electron chi connectivity index (χ3n) is 1.93. The zero-order chi connectivity index (χ0) is 10.1. The molecule has 0 atom stereocenters. The van der Waals surface area contributed by atoms with Crippen molar-refractivity contribution in [1.82, 2.24) is 19.6 Å². The molecule has 0 spiro atoms. The Morgan fingerprint density at radius 1 is 1.07 bits per heavy atom. The molecule has 0 N–H and O–H groups in total. The predicted molar refractivity (Wildman–Crippen MR) is 49.8 cm³/mol. The number of hydrogen-bond acceptors (Lipinski definition) is 3. The topological polar surface area (TPSA) is 52.7 Å². The van der Waals surface area contributed by atoms with Gasteiger partial charge in [-0.1, -0.05) is 0 Å². The van der Waals surface area contributed by atoms with Crippen molar-refractivity contribution in [2.24, 2.45) is 14.1 Å². The summed E-state index contributed by atoms with van der Waals surface area (Å²) in [5.74, 6) is -0.0498. The zero-order valence-electron chi connectivity index (χ0n) is 8.01. The van der Waals surface area contributed by atoms with Crippen LogP contribution in [0.5, 0.6) is 0 Å². The highest BCUT2D eigenvalue weighted by Gasteiger charge is 2.11. The summed E-state index contributed by atoms with van der Waals surface area (Å²) in [4.78, 5) is 11.8. The first kappa shape index (κ1) is 8.68. The predicted octanol–water partition coefficient (Wildman–Crippen LogP) is 0.385. The molecule has 0 amide bonds. The van der Waals surface area contributed by atoms with Gasteiger partial charge in [-0.15, -0.1) is 0 Å². The van der Waals surface area contributed by atoms with Gasteiger partial charge in [0.05, 0.1) is 23.5 Å². The molecule has 0 radical (unpaired) electrons. The van der Waals surface area contributed by atoms with Gasteiger partial charge in [0.25, 0.3) is 0 Å². The maximum Gasteiger partial charge on any atom is 0.199 e. The Kier molecular flexibility index (Phi) is 1.92. The Hall–Kier alpha value is -1.91. The van der Waals surface area contributed by atoms with E-state index in [1.807, 2.05) is 0 Å². The van der Waals surface area contributed by atoms with Gasteiger partial charge in [0.1, 0.15) is 0 Å². The van der Waals surface area contributed by atoms with Gasteiger partial charge in [-0.25, -0.2) is 0 Å². The van der Waals surface area contributed by atoms with E-state index in [0.717, 1.165) is 0 Å². The van der Waals surface area contributed by atoms with E-state index in [-0.39, 0.29) is 5.78 Å². The summed E-state index contributed by atoms with van der Waals surface area (Å²) >= 11 is 0. The van der Waals surface area contributed by atoms with Crippen molar-refractivity contribution in [3.05, 3.63) is 35.9 Å². The molecule has 2 heterocycles. The average molecular weight is 190 g/mol. The molecule has 2 aromatic rings. The summed E-state index contributed by atoms with van der Waals surface area (Å²) < 4.78 is 3.20. The molecule has 14 heavy (non-hydrogen) atoms. The molecule has 0 bridgehead atoms. The second kappa shape index (κ2) is 3.10. The van der Waals surface area contributed by atoms with Crippen LogP contribution in [0.1, 0.15) is 15.9 Å². The number of rotatable bonds is 2. The number of aryl methyl sites for hydroxylation is 2. The van der Waals surface area contributed by atoms with E-state index in [1.54, 1.807) is 48.2 Å². The quantitative estimate of drug-likeness (QED) is 0.643. The van der Waals surface area contributed by atoms with E-state index in [0.29, 0.717) is 11.1 Å². The highest BCUT2D eigenvalue weighted by atomic mass is 16.1. The van der Waals surface area contributed by atoms with Crippen LogP contribution in [0.15, 0.2) is 24.8 Å². The van der Waals surface area contributed by atoms with Gasteiger partial charge in [-0.05, 0) is 0 Å². The zero-order valence-corrected chi connectivity index (χ0v) is 8.01. The van der Waals surface area contributed by atoms with Crippen LogP contribution in [-0.4, -0.2) is 25.3 Å². The lowest BCUT2D eigenvalue weighted by Gasteiger charge is -1.90. The van der Waals surface area contributed by atoms with Crippen molar-refractivity contribution in [3.63, 3.8) is 0 Å². The van der Waals surface area contributed by atoms with Gasteiger partial charge >= 0.3 is 0 Å². The molecule has 72 valence electrons. The third-order valence-corrected chi connectivity index (χ3v) is 1.93. The normalized spacial score (nSPS) is 10.4. The Morgan fingerprint density at radius 3 is 1.79 bits per heavy atom. The lowest BCUT2D eigenvalue weighted by Crippen LogP contribution is -1.98. The number of carbonyl (C=O) groups excluding carboxylic acids is 1. The molecule has 0 unspecified atom stereocenters. The molecule has 0 saturated heterocycles. The van der Waals surface area contributed by atoms with E-state index >= 15 is 0 Å². The average Bonchev–Trinajstić information content (AvgIpc) is 2.73. The Balaban J connectivity index is 2.33. The van der Waals surface area contributed by atoms with Gasteiger partial charge in [0, 0.05) is 26.5 Å². The minimum Gasteiger partial charge on any atom is -0.288 e. The van der Waals surface area contributed by atoms with E-state index < -0.39 is 0 Å². The number of hydrogen-bond donors (Lipinski definition) is 0. The largest absolute Gasteiger partial charge is 0.288 e. The van der Waals surface area contributed by atoms with Crippen LogP contribution in [-0.2, 0) is 14.1 Å². The maximum absolute atomic E-state index is 11.8. The fourth-order valence-electron chi connectivity index (χ4n) is 1.24. The molecular formula is C9H10N4O. The molecule has 5 heteroatoms. The van der Waals surface area contributed by atoms with Crippen LogP contribution >= 0.6 is 0 Å². The fraction of sp³-hybridized carbons (Fsp3) is 0.222. The Labute approximate surface area is 81.0 Å². The fourth-order valence-corrected chi connectivity index (χ4v) is 1.24. The van der Waals surface area contributed by atoms with Crippen LogP contribution in [0.4, 0.5) is 0 Å². The van der Waals surface area contributed by atoms with Gasteiger partial charge in [-0.3, -0.25) is 14.2 Å². The summed E-state index contributed by atoms with van der Waals surface area (Å²) in [6.45, 7) is 0. The number of ketones is 1. The molecule has 0 aliphatic rings. The monoisotopic (exact) mass is 190 g/mol. The maximum atomic E-state index is 11.8. The van der Waals surface area contributed by atoms with Crippen molar-refractivity contribution in [2.75, 3.05) is 0 Å². The van der Waals surface area contributed by atoms with Crippen LogP contribution in [0, 0.1) is 0 Å². The van der Waals surface area contributed by atoms with E-state index in [2.05, 4.69) is 10.2 Å². The minimum absolute atomic E-state index is 0.0498. The minimum atomic E-state index is -0.0498. The van der Waals surface area contributed by atoms with Crippen LogP contribution in [0.25, 0.3) is 0 Å². The van der Waals surface area contributed by atoms with E-state index in [4.69, 9.17) is 0 Å². The summed E-state index contributed by atoms with van der Waals surface area (Å²) in [6, 6.07) is 0. The Bertz CT molecular complexity index is 426. The lowest BCUT2D eigenvalue weighted by molar-refractivity contribution is 0.103. The SMILES string of the molecule is Cn1cc(C(=O)c2cnn(C)c2)cn1. The van der Waals surface area contributed by atoms with Gasteiger partial charge < -0.3 is 0 Å². The standard InChI is InChI=1S/C9H10N4O/c1-12-5-7(3-10-12)9(14)8-4-11-13(2)6-8/h3-6H,1-2H3. The highest BCUT2D eigenvalue weighted by Crippen LogP contribution is 2.06. The molecule has 0 fully saturated rings. The van der Waals surface area contributed by atoms with Crippen molar-refractivity contribution in [3.8, 4) is 0 Å². The van der Waals surface area contributed by atoms with Crippen LogP contribution in [0.2, 0.25) is 0 Å². The van der Waals surface area contributed by atoms with Crippen molar-refractivity contribution in [1.29, 1.82) is 0 Å². The molecule has 0 aliphatic carbocycles. The molecule has 0 aromatic carbocycles. The highest BCUT2D eigenvalue weighted by molar-refractivity contribution is 6.08. The van der Waals surface area contributed by atoms with Gasteiger partial charge in [-0.2, -0.15) is 10.2 Å². The van der Waals surface area contributed by atoms with Gasteiger partial charge in [0.15, 0.2) is 5.78 Å². The smallest absolute Gasteiger partial charge is 0.199 e. The van der Waals surface area contributed by atoms with Gasteiger partial charge in [0.2, 0.25) is 0 Å². The molecule has 2 aromatic heterocycles. The first-order valence-corrected chi connectivity index (χ1v) is 4.19. The molecule has 5 nitrogen and oxygen atoms in total. The molecule has 2 rings (SSSR count). The third kappa shape index (κ3) is 1.44. The summed E-state index contributed by atoms with van der Waals surface area (Å²) in [5.41, 5.74) is 1.17. The second-order valence-corrected chi connectivity index (χ2v) is 3.13. The first-order chi connectivity index (χ1) is 6.66. The Morgan fingerprint density at radius 2 is 1.50 bits per heavy atom. The summed E-state index contributed by atoms with van der Waals surface area (Å²) in [5, 5.41) is 7.88. The first-order valence-electron chi connectivity index (χ1n) is 4.19. The molecular weight excluding hydrogens is 180 g/mol. The second-order valence-electron chi connectivity index (χ2n) is 3.13. The molecule has 0 aliphatic heterocycles. The summed E-state index contributed by atoms with van der Waals surface area (Å²) in [7, 11) is 3.56. The number of nitrogens with zero attached hydrogens (tertiary/aromatic N) is 4. The summed E-state index contributed by atoms with van der Waals surface area (Å²) in [6.07, 6.45) is 6.48. The number of carbonyl (C=O) groups is 1.